The molecule has 0 spiro atoms. The summed E-state index contributed by atoms with van der Waals surface area (Å²) >= 11 is 0. The second-order valence-electron chi connectivity index (χ2n) is 3.88. The van der Waals surface area contributed by atoms with Crippen molar-refractivity contribution in [1.82, 2.24) is 0 Å². The summed E-state index contributed by atoms with van der Waals surface area (Å²) in [5.74, 6) is -0.866. The van der Waals surface area contributed by atoms with E-state index in [2.05, 4.69) is 0 Å². The number of carbonyl (C=O) groups is 1. The highest BCUT2D eigenvalue weighted by Gasteiger charge is 2.30. The number of nitrogens with two attached hydrogens (primary N) is 1. The van der Waals surface area contributed by atoms with E-state index in [1.807, 2.05) is 6.92 Å². The van der Waals surface area contributed by atoms with Gasteiger partial charge in [0.1, 0.15) is 0 Å². The normalized spacial score (nSPS) is 23.0. The van der Waals surface area contributed by atoms with Crippen LogP contribution in [0.2, 0.25) is 0 Å². The van der Waals surface area contributed by atoms with Crippen LogP contribution < -0.4 is 5.73 Å². The van der Waals surface area contributed by atoms with Crippen molar-refractivity contribution in [3.63, 3.8) is 0 Å². The van der Waals surface area contributed by atoms with Gasteiger partial charge in [0.15, 0.2) is 0 Å². The summed E-state index contributed by atoms with van der Waals surface area (Å²) in [4.78, 5) is 10.9. The lowest BCUT2D eigenvalue weighted by atomic mass is 9.83. The molecule has 1 rings (SSSR count). The van der Waals surface area contributed by atoms with Gasteiger partial charge >= 0.3 is 5.97 Å². The average molecular weight is 201 g/mol. The topological polar surface area (TPSA) is 72.5 Å². The van der Waals surface area contributed by atoms with Crippen molar-refractivity contribution in [3.05, 3.63) is 0 Å². The molecule has 2 atom stereocenters. The van der Waals surface area contributed by atoms with E-state index >= 15 is 0 Å². The van der Waals surface area contributed by atoms with Crippen LogP contribution in [0.1, 0.15) is 26.2 Å². The molecule has 2 unspecified atom stereocenters. The van der Waals surface area contributed by atoms with Crippen LogP contribution in [-0.4, -0.2) is 30.3 Å². The number of ether oxygens (including phenoxy) is 1. The Morgan fingerprint density at radius 1 is 1.57 bits per heavy atom. The van der Waals surface area contributed by atoms with Gasteiger partial charge in [-0.2, -0.15) is 0 Å². The molecule has 1 fully saturated rings. The number of carboxylic acid groups (broad SMARTS) is 1. The molecule has 1 saturated heterocycles. The quantitative estimate of drug-likeness (QED) is 0.707. The molecule has 0 radical (unpaired) electrons. The Balaban J connectivity index is 2.51. The minimum Gasteiger partial charge on any atom is -0.481 e. The van der Waals surface area contributed by atoms with Gasteiger partial charge in [0.05, 0.1) is 5.92 Å². The van der Waals surface area contributed by atoms with E-state index in [0.29, 0.717) is 25.6 Å². The zero-order valence-corrected chi connectivity index (χ0v) is 8.61. The molecule has 14 heavy (non-hydrogen) atoms. The fourth-order valence-electron chi connectivity index (χ4n) is 2.04. The van der Waals surface area contributed by atoms with Crippen LogP contribution in [0.25, 0.3) is 0 Å². The first-order valence-corrected chi connectivity index (χ1v) is 5.23. The number of carboxylic acids is 1. The largest absolute Gasteiger partial charge is 0.481 e. The highest BCUT2D eigenvalue weighted by molar-refractivity contribution is 5.70. The van der Waals surface area contributed by atoms with Crippen molar-refractivity contribution >= 4 is 5.97 Å². The van der Waals surface area contributed by atoms with Gasteiger partial charge in [0.25, 0.3) is 0 Å². The van der Waals surface area contributed by atoms with Gasteiger partial charge in [-0.15, -0.1) is 0 Å². The molecule has 82 valence electrons. The smallest absolute Gasteiger partial charge is 0.308 e. The molecule has 0 aromatic carbocycles. The molecule has 0 aromatic heterocycles. The monoisotopic (exact) mass is 201 g/mol. The maximum Gasteiger partial charge on any atom is 0.308 e. The number of hydrogen-bond acceptors (Lipinski definition) is 3. The molecule has 1 aliphatic heterocycles. The summed E-state index contributed by atoms with van der Waals surface area (Å²) in [5.41, 5.74) is 5.97. The van der Waals surface area contributed by atoms with Gasteiger partial charge in [-0.3, -0.25) is 4.79 Å². The van der Waals surface area contributed by atoms with E-state index in [-0.39, 0.29) is 6.04 Å². The minimum absolute atomic E-state index is 0.221. The van der Waals surface area contributed by atoms with Crippen molar-refractivity contribution in [1.29, 1.82) is 0 Å². The molecule has 4 heteroatoms. The van der Waals surface area contributed by atoms with Crippen molar-refractivity contribution in [2.75, 3.05) is 13.2 Å². The van der Waals surface area contributed by atoms with E-state index in [9.17, 15) is 4.79 Å². The van der Waals surface area contributed by atoms with Gasteiger partial charge in [-0.1, -0.05) is 6.92 Å². The third kappa shape index (κ3) is 2.69. The van der Waals surface area contributed by atoms with Gasteiger partial charge in [-0.25, -0.2) is 0 Å². The number of rotatable bonds is 4. The fourth-order valence-corrected chi connectivity index (χ4v) is 2.04. The van der Waals surface area contributed by atoms with Crippen LogP contribution in [0.5, 0.6) is 0 Å². The average Bonchev–Trinajstić information content (AvgIpc) is 2.19. The van der Waals surface area contributed by atoms with E-state index < -0.39 is 11.9 Å². The Hall–Kier alpha value is -0.610. The van der Waals surface area contributed by atoms with Gasteiger partial charge in [0.2, 0.25) is 0 Å². The molecule has 1 heterocycles. The molecule has 0 bridgehead atoms. The second-order valence-corrected chi connectivity index (χ2v) is 3.88. The molecule has 0 aliphatic carbocycles. The van der Waals surface area contributed by atoms with Crippen LogP contribution >= 0.6 is 0 Å². The first-order valence-electron chi connectivity index (χ1n) is 5.23. The minimum atomic E-state index is -0.772. The third-order valence-corrected chi connectivity index (χ3v) is 3.03. The van der Waals surface area contributed by atoms with E-state index in [4.69, 9.17) is 15.6 Å². The van der Waals surface area contributed by atoms with Crippen LogP contribution in [0.15, 0.2) is 0 Å². The fraction of sp³-hybridized carbons (Fsp3) is 0.900. The molecule has 0 saturated carbocycles. The summed E-state index contributed by atoms with van der Waals surface area (Å²) < 4.78 is 5.22. The Morgan fingerprint density at radius 3 is 2.57 bits per heavy atom. The summed E-state index contributed by atoms with van der Waals surface area (Å²) in [6.45, 7) is 3.31. The molecule has 0 amide bonds. The van der Waals surface area contributed by atoms with Crippen molar-refractivity contribution in [2.24, 2.45) is 17.6 Å². The molecular weight excluding hydrogens is 182 g/mol. The number of hydrogen-bond donors (Lipinski definition) is 2. The maximum absolute atomic E-state index is 10.9. The second kappa shape index (κ2) is 5.32. The lowest BCUT2D eigenvalue weighted by Crippen LogP contribution is -2.43. The zero-order valence-electron chi connectivity index (χ0n) is 8.61. The lowest BCUT2D eigenvalue weighted by Gasteiger charge is -2.30. The van der Waals surface area contributed by atoms with Gasteiger partial charge in [0, 0.05) is 19.3 Å². The first-order chi connectivity index (χ1) is 6.66. The summed E-state index contributed by atoms with van der Waals surface area (Å²) in [6.07, 6.45) is 2.39. The SMILES string of the molecule is CCC(C(=O)O)C(N)C1CCOCC1. The predicted molar refractivity (Wildman–Crippen MR) is 52.9 cm³/mol. The zero-order chi connectivity index (χ0) is 10.6. The van der Waals surface area contributed by atoms with Crippen LogP contribution in [0.3, 0.4) is 0 Å². The maximum atomic E-state index is 10.9. The molecule has 1 aliphatic rings. The van der Waals surface area contributed by atoms with Crippen molar-refractivity contribution in [2.45, 2.75) is 32.2 Å². The Labute approximate surface area is 84.4 Å². The van der Waals surface area contributed by atoms with Crippen LogP contribution in [0.4, 0.5) is 0 Å². The van der Waals surface area contributed by atoms with E-state index in [0.717, 1.165) is 12.8 Å². The standard InChI is InChI=1S/C10H19NO3/c1-2-8(10(12)13)9(11)7-3-5-14-6-4-7/h7-9H,2-6,11H2,1H3,(H,12,13). The Bertz CT molecular complexity index is 190. The first kappa shape index (κ1) is 11.5. The Morgan fingerprint density at radius 2 is 2.14 bits per heavy atom. The summed E-state index contributed by atoms with van der Waals surface area (Å²) in [5, 5.41) is 8.96. The van der Waals surface area contributed by atoms with Crippen LogP contribution in [-0.2, 0) is 9.53 Å². The van der Waals surface area contributed by atoms with Crippen molar-refractivity contribution < 1.29 is 14.6 Å². The highest BCUT2D eigenvalue weighted by atomic mass is 16.5. The van der Waals surface area contributed by atoms with Crippen LogP contribution in [0, 0.1) is 11.8 Å². The van der Waals surface area contributed by atoms with Crippen molar-refractivity contribution in [3.8, 4) is 0 Å². The molecule has 4 nitrogen and oxygen atoms in total. The number of aliphatic carboxylic acids is 1. The van der Waals surface area contributed by atoms with E-state index in [1.54, 1.807) is 0 Å². The van der Waals surface area contributed by atoms with Gasteiger partial charge < -0.3 is 15.6 Å². The molecular formula is C10H19NO3. The predicted octanol–water partition coefficient (Wildman–Crippen LogP) is 0.851. The molecule has 3 N–H and O–H groups in total. The Kier molecular flexibility index (Phi) is 4.35. The van der Waals surface area contributed by atoms with Gasteiger partial charge in [-0.05, 0) is 25.2 Å². The highest BCUT2D eigenvalue weighted by Crippen LogP contribution is 2.23. The molecule has 0 aromatic rings. The third-order valence-electron chi connectivity index (χ3n) is 3.03. The summed E-state index contributed by atoms with van der Waals surface area (Å²) in [7, 11) is 0. The van der Waals surface area contributed by atoms with E-state index in [1.165, 1.54) is 0 Å². The summed E-state index contributed by atoms with van der Waals surface area (Å²) in [6, 6.07) is -0.221. The lowest BCUT2D eigenvalue weighted by molar-refractivity contribution is -0.143.